The molecule has 0 spiro atoms. The molecule has 0 unspecified atom stereocenters. The van der Waals surface area contributed by atoms with E-state index in [0.29, 0.717) is 22.6 Å². The second kappa shape index (κ2) is 30.2. The molecule has 422 valence electrons. The van der Waals surface area contributed by atoms with E-state index in [1.165, 1.54) is 36.3 Å². The molecule has 12 nitrogen and oxygen atoms in total. The van der Waals surface area contributed by atoms with Gasteiger partial charge in [0.05, 0.1) is 18.9 Å². The first-order chi connectivity index (χ1) is 39.4. The standard InChI is InChI=1S/C35H30FNO4.C34H28FNO4.Li.2H2O/c1-24-15-18-28-23-37(34(38)32(26-11-5-3-6-12-26)27-13-7-4-8-14-27)31(35(39)40-2)22-30(28)33(24)41-21-9-10-25-16-19-29(36)20-17-25;1-23-14-17-27-22-36(33(37)31(25-10-4-2-5-11-25)26-12-6-3-7-13-26)30(34(38)39)21-29(27)32(23)40-20-8-9-24-15-18-28(35)19-16-24;;;/h3-8,11-20,31-32H,21-23H2,1-2H3;2-7,10-19,30-31H,20-22H2,1H3,(H,38,39);;2*1H2/q;;+1;;/p-1/t31-;30-;;;/m00.../s1. The van der Waals surface area contributed by atoms with E-state index in [2.05, 4.69) is 23.7 Å². The maximum Gasteiger partial charge on any atom is 1.00 e. The topological polar surface area (TPSA) is 184 Å². The van der Waals surface area contributed by atoms with E-state index < -0.39 is 35.9 Å². The van der Waals surface area contributed by atoms with Crippen LogP contribution in [0.1, 0.15) is 78.6 Å². The van der Waals surface area contributed by atoms with Gasteiger partial charge in [0.2, 0.25) is 11.8 Å². The minimum atomic E-state index is -1.07. The van der Waals surface area contributed by atoms with Gasteiger partial charge in [-0.2, -0.15) is 0 Å². The van der Waals surface area contributed by atoms with Crippen molar-refractivity contribution in [1.29, 1.82) is 0 Å². The van der Waals surface area contributed by atoms with E-state index in [0.717, 1.165) is 55.6 Å². The molecule has 0 saturated heterocycles. The van der Waals surface area contributed by atoms with Crippen LogP contribution in [0.2, 0.25) is 0 Å². The van der Waals surface area contributed by atoms with Gasteiger partial charge >= 0.3 is 30.8 Å². The van der Waals surface area contributed by atoms with Crippen LogP contribution in [0.25, 0.3) is 0 Å². The number of fused-ring (bicyclic) bond motifs is 2. The molecule has 0 aliphatic carbocycles. The Bertz CT molecular complexity index is 3590. The van der Waals surface area contributed by atoms with E-state index >= 15 is 0 Å². The van der Waals surface area contributed by atoms with Crippen LogP contribution in [-0.4, -0.2) is 82.0 Å². The largest absolute Gasteiger partial charge is 1.00 e. The summed E-state index contributed by atoms with van der Waals surface area (Å²) in [5.74, 6) is 9.26. The van der Waals surface area contributed by atoms with Crippen molar-refractivity contribution < 1.29 is 77.1 Å². The van der Waals surface area contributed by atoms with Crippen LogP contribution < -0.4 is 28.3 Å². The van der Waals surface area contributed by atoms with E-state index in [-0.39, 0.29) is 92.4 Å². The number of carboxylic acids is 1. The molecule has 4 N–H and O–H groups in total. The van der Waals surface area contributed by atoms with Crippen LogP contribution in [0, 0.1) is 49.2 Å². The molecule has 8 aromatic rings. The van der Waals surface area contributed by atoms with Crippen molar-refractivity contribution in [2.45, 2.75) is 63.7 Å². The number of carboxylic acid groups (broad SMARTS) is 1. The Morgan fingerprint density at radius 1 is 0.524 bits per heavy atom. The first kappa shape index (κ1) is 63.9. The number of halogens is 2. The van der Waals surface area contributed by atoms with Gasteiger partial charge in [-0.3, -0.25) is 9.59 Å². The maximum atomic E-state index is 14.3. The summed E-state index contributed by atoms with van der Waals surface area (Å²) in [5.41, 5.74) is 9.83. The van der Waals surface area contributed by atoms with Crippen molar-refractivity contribution in [3.05, 3.63) is 273 Å². The summed E-state index contributed by atoms with van der Waals surface area (Å²) < 4.78 is 43.7. The smallest absolute Gasteiger partial charge is 0.870 e. The number of aliphatic carboxylic acids is 1. The fourth-order valence-electron chi connectivity index (χ4n) is 10.4. The molecule has 10 rings (SSSR count). The fourth-order valence-corrected chi connectivity index (χ4v) is 10.4. The van der Waals surface area contributed by atoms with Gasteiger partial charge in [0.25, 0.3) is 0 Å². The molecule has 0 bridgehead atoms. The Kier molecular flexibility index (Phi) is 22.9. The predicted molar refractivity (Wildman–Crippen MR) is 311 cm³/mol. The SMILES string of the molecule is COC(=O)[C@@H]1Cc2c(ccc(C)c2OCC#Cc2ccc(F)cc2)CN1C(=O)C(c1ccccc1)c1ccccc1.Cc1ccc2c(c1OCC#Cc1ccc(F)cc1)C[C@@H](C(=O)O)N(C(=O)C(c1ccccc1)c1ccccc1)C2.O.[Li+].[OH-]. The van der Waals surface area contributed by atoms with E-state index in [1.807, 2.05) is 159 Å². The van der Waals surface area contributed by atoms with E-state index in [4.69, 9.17) is 14.2 Å². The molecular weight excluding hydrogens is 1060 g/mol. The second-order valence-electron chi connectivity index (χ2n) is 19.6. The van der Waals surface area contributed by atoms with Crippen LogP contribution in [-0.2, 0) is 49.8 Å². The van der Waals surface area contributed by atoms with Crippen molar-refractivity contribution in [1.82, 2.24) is 9.80 Å². The fraction of sp³-hybridized carbons (Fsp3) is 0.188. The van der Waals surface area contributed by atoms with Gasteiger partial charge in [-0.15, -0.1) is 0 Å². The predicted octanol–water partition coefficient (Wildman–Crippen LogP) is 7.56. The number of hydrogen-bond acceptors (Lipinski definition) is 8. The van der Waals surface area contributed by atoms with Crippen molar-refractivity contribution in [3.8, 4) is 35.2 Å². The number of aryl methyl sites for hydroxylation is 2. The first-order valence-electron chi connectivity index (χ1n) is 26.5. The third-order valence-corrected chi connectivity index (χ3v) is 14.4. The molecule has 0 fully saturated rings. The third kappa shape index (κ3) is 15.2. The van der Waals surface area contributed by atoms with Crippen LogP contribution in [0.3, 0.4) is 0 Å². The molecule has 2 atom stereocenters. The summed E-state index contributed by atoms with van der Waals surface area (Å²) in [6, 6.07) is 55.8. The maximum absolute atomic E-state index is 14.3. The summed E-state index contributed by atoms with van der Waals surface area (Å²) in [5, 5.41) is 10.2. The minimum absolute atomic E-state index is 0. The van der Waals surface area contributed by atoms with Crippen LogP contribution in [0.15, 0.2) is 194 Å². The number of amides is 2. The van der Waals surface area contributed by atoms with Crippen molar-refractivity contribution in [3.63, 3.8) is 0 Å². The molecule has 8 aromatic carbocycles. The average Bonchev–Trinajstić information content (AvgIpc) is 3.51. The van der Waals surface area contributed by atoms with Gasteiger partial charge < -0.3 is 40.1 Å². The van der Waals surface area contributed by atoms with Gasteiger partial charge in [0, 0.05) is 48.2 Å². The van der Waals surface area contributed by atoms with Crippen LogP contribution in [0.4, 0.5) is 8.78 Å². The van der Waals surface area contributed by atoms with Gasteiger partial charge in [-0.05, 0) is 107 Å². The monoisotopic (exact) mass is 1120 g/mol. The van der Waals surface area contributed by atoms with Gasteiger partial charge in [0.1, 0.15) is 48.4 Å². The number of carbonyl (C=O) groups is 4. The number of methoxy groups -OCH3 is 1. The molecule has 0 radical (unpaired) electrons. The number of ether oxygens (including phenoxy) is 3. The molecule has 84 heavy (non-hydrogen) atoms. The normalized spacial score (nSPS) is 13.6. The zero-order valence-corrected chi connectivity index (χ0v) is 46.9. The van der Waals surface area contributed by atoms with E-state index in [1.54, 1.807) is 29.2 Å². The van der Waals surface area contributed by atoms with E-state index in [9.17, 15) is 33.1 Å². The van der Waals surface area contributed by atoms with Crippen LogP contribution >= 0.6 is 0 Å². The number of benzene rings is 8. The molecule has 2 heterocycles. The summed E-state index contributed by atoms with van der Waals surface area (Å²) >= 11 is 0. The number of rotatable bonds is 12. The van der Waals surface area contributed by atoms with Crippen molar-refractivity contribution >= 4 is 23.8 Å². The van der Waals surface area contributed by atoms with Crippen molar-refractivity contribution in [2.75, 3.05) is 20.3 Å². The van der Waals surface area contributed by atoms with Crippen molar-refractivity contribution in [2.24, 2.45) is 0 Å². The molecule has 15 heteroatoms. The summed E-state index contributed by atoms with van der Waals surface area (Å²) in [6.45, 7) is 4.43. The summed E-state index contributed by atoms with van der Waals surface area (Å²) in [7, 11) is 1.34. The molecule has 2 amide bonds. The Labute approximate surface area is 499 Å². The second-order valence-corrected chi connectivity index (χ2v) is 19.6. The number of hydrogen-bond donors (Lipinski definition) is 1. The molecule has 0 aromatic heterocycles. The zero-order chi connectivity index (χ0) is 56.8. The average molecular weight is 1120 g/mol. The molecule has 2 aliphatic rings. The molecule has 0 saturated carbocycles. The Morgan fingerprint density at radius 2 is 0.857 bits per heavy atom. The zero-order valence-electron chi connectivity index (χ0n) is 46.9. The molecular formula is C69H61F2LiN2O10. The molecule has 2 aliphatic heterocycles. The minimum Gasteiger partial charge on any atom is -0.870 e. The van der Waals surface area contributed by atoms with Gasteiger partial charge in [-0.25, -0.2) is 18.4 Å². The van der Waals surface area contributed by atoms with Gasteiger partial charge in [0.15, 0.2) is 0 Å². The quantitative estimate of drug-likeness (QED) is 0.0733. The van der Waals surface area contributed by atoms with Crippen LogP contribution in [0.5, 0.6) is 11.5 Å². The summed E-state index contributed by atoms with van der Waals surface area (Å²) in [6.07, 6.45) is 0.377. The van der Waals surface area contributed by atoms with Gasteiger partial charge in [-0.1, -0.05) is 169 Å². The Hall–Kier alpha value is -9.26. The first-order valence-corrected chi connectivity index (χ1v) is 26.5. The third-order valence-electron chi connectivity index (χ3n) is 14.4. The Balaban J connectivity index is 0.000000260. The Morgan fingerprint density at radius 3 is 1.19 bits per heavy atom. The number of carbonyl (C=O) groups excluding carboxylic acids is 3. The number of nitrogens with zero attached hydrogens (tertiary/aromatic N) is 2. The number of esters is 1. The summed E-state index contributed by atoms with van der Waals surface area (Å²) in [4.78, 5) is 57.2.